The number of carbonyl (C=O) groups is 3. The van der Waals surface area contributed by atoms with E-state index in [1.807, 2.05) is 24.3 Å². The minimum Gasteiger partial charge on any atom is -0.444 e. The van der Waals surface area contributed by atoms with Gasteiger partial charge in [-0.15, -0.1) is 11.3 Å². The molecule has 0 N–H and O–H groups in total. The highest BCUT2D eigenvalue weighted by atomic mass is 32.1. The van der Waals surface area contributed by atoms with E-state index in [4.69, 9.17) is 4.74 Å². The molecule has 6 aromatic rings. The SMILES string of the molecule is CC1=C(C#N)C(=O)N(C(=O)OCc2ccccc2)C(=O)/C1=N\c1ccc(-c2ccc(N(c3ccc(C)cc3)c3ccc(C)cc3)s2)c2nsnc12. The largest absolute Gasteiger partial charge is 0.444 e. The van der Waals surface area contributed by atoms with Gasteiger partial charge in [-0.25, -0.2) is 9.79 Å². The molecule has 2 aromatic heterocycles. The molecule has 10 nitrogen and oxygen atoms in total. The van der Waals surface area contributed by atoms with Gasteiger partial charge < -0.3 is 9.64 Å². The first kappa shape index (κ1) is 33.2. The van der Waals surface area contributed by atoms with Gasteiger partial charge in [0.1, 0.15) is 40.0 Å². The molecule has 0 atom stereocenters. The quantitative estimate of drug-likeness (QED) is 0.150. The topological polar surface area (TPSA) is 129 Å². The zero-order valence-corrected chi connectivity index (χ0v) is 29.3. The fraction of sp³-hybridized carbons (Fsp3) is 0.103. The van der Waals surface area contributed by atoms with Gasteiger partial charge in [0.2, 0.25) is 0 Å². The third-order valence-electron chi connectivity index (χ3n) is 8.34. The van der Waals surface area contributed by atoms with Crippen LogP contribution in [-0.2, 0) is 20.9 Å². The molecule has 1 aliphatic heterocycles. The van der Waals surface area contributed by atoms with Crippen molar-refractivity contribution in [3.05, 3.63) is 131 Å². The van der Waals surface area contributed by atoms with E-state index in [1.165, 1.54) is 18.1 Å². The second kappa shape index (κ2) is 13.9. The van der Waals surface area contributed by atoms with Crippen LogP contribution in [0.4, 0.5) is 26.9 Å². The highest BCUT2D eigenvalue weighted by Crippen LogP contribution is 2.44. The van der Waals surface area contributed by atoms with Crippen molar-refractivity contribution in [1.29, 1.82) is 5.26 Å². The van der Waals surface area contributed by atoms with Gasteiger partial charge >= 0.3 is 6.09 Å². The molecule has 0 bridgehead atoms. The Balaban J connectivity index is 1.24. The number of carbonyl (C=O) groups excluding carboxylic acids is 3. The summed E-state index contributed by atoms with van der Waals surface area (Å²) in [6.45, 7) is 5.40. The highest BCUT2D eigenvalue weighted by molar-refractivity contribution is 7.19. The summed E-state index contributed by atoms with van der Waals surface area (Å²) in [7, 11) is 0. The first-order chi connectivity index (χ1) is 24.7. The molecule has 0 saturated carbocycles. The lowest BCUT2D eigenvalue weighted by molar-refractivity contribution is -0.136. The Morgan fingerprint density at radius 1 is 0.824 bits per heavy atom. The number of nitrogens with zero attached hydrogens (tertiary/aromatic N) is 6. The van der Waals surface area contributed by atoms with Gasteiger partial charge in [-0.2, -0.15) is 18.9 Å². The number of imide groups is 3. The number of thiophene rings is 1. The zero-order chi connectivity index (χ0) is 35.6. The summed E-state index contributed by atoms with van der Waals surface area (Å²) in [4.78, 5) is 47.9. The Morgan fingerprint density at radius 2 is 1.47 bits per heavy atom. The molecule has 250 valence electrons. The van der Waals surface area contributed by atoms with Crippen LogP contribution in [0.2, 0.25) is 0 Å². The number of aliphatic imine (C=N–C) groups is 1. The lowest BCUT2D eigenvalue weighted by atomic mass is 9.99. The Morgan fingerprint density at radius 3 is 2.12 bits per heavy atom. The molecule has 0 spiro atoms. The van der Waals surface area contributed by atoms with Crippen molar-refractivity contribution >= 4 is 79.8 Å². The number of amides is 3. The maximum atomic E-state index is 13.7. The standard InChI is InChI=1S/C39H28N6O4S2/c1-23-9-13-27(14-10-23)44(28-15-11-24(2)12-16-28)33-20-19-32(50-33)29-17-18-31(36-35(29)42-51-43-36)41-34-25(3)30(21-40)37(46)45(38(34)47)39(48)49-22-26-7-5-4-6-8-26/h4-20H,22H2,1-3H3/b41-34-. The van der Waals surface area contributed by atoms with Crippen molar-refractivity contribution in [3.63, 3.8) is 0 Å². The number of ether oxygens (including phenoxy) is 1. The smallest absolute Gasteiger partial charge is 0.424 e. The predicted molar refractivity (Wildman–Crippen MR) is 199 cm³/mol. The van der Waals surface area contributed by atoms with Gasteiger partial charge in [0, 0.05) is 27.4 Å². The van der Waals surface area contributed by atoms with Gasteiger partial charge in [-0.05, 0) is 74.9 Å². The molecule has 3 heterocycles. The number of benzene rings is 4. The van der Waals surface area contributed by atoms with E-state index in [2.05, 4.69) is 87.1 Å². The summed E-state index contributed by atoms with van der Waals surface area (Å²) in [5, 5.41) is 10.8. The van der Waals surface area contributed by atoms with E-state index in [9.17, 15) is 19.6 Å². The summed E-state index contributed by atoms with van der Waals surface area (Å²) in [6, 6.07) is 35.1. The van der Waals surface area contributed by atoms with E-state index in [-0.39, 0.29) is 23.5 Å². The van der Waals surface area contributed by atoms with Crippen molar-refractivity contribution in [1.82, 2.24) is 13.6 Å². The summed E-state index contributed by atoms with van der Waals surface area (Å²) in [5.74, 6) is -2.06. The molecule has 0 saturated heterocycles. The molecule has 0 radical (unpaired) electrons. The molecule has 51 heavy (non-hydrogen) atoms. The molecule has 4 aromatic carbocycles. The summed E-state index contributed by atoms with van der Waals surface area (Å²) in [6.07, 6.45) is -1.20. The Bertz CT molecular complexity index is 2380. The van der Waals surface area contributed by atoms with Crippen molar-refractivity contribution in [2.24, 2.45) is 4.99 Å². The van der Waals surface area contributed by atoms with Crippen LogP contribution in [0.25, 0.3) is 21.5 Å². The van der Waals surface area contributed by atoms with Crippen LogP contribution in [0.1, 0.15) is 23.6 Å². The fourth-order valence-electron chi connectivity index (χ4n) is 5.61. The van der Waals surface area contributed by atoms with Gasteiger partial charge in [0.15, 0.2) is 0 Å². The Kier molecular flexibility index (Phi) is 9.06. The number of nitriles is 1. The predicted octanol–water partition coefficient (Wildman–Crippen LogP) is 9.12. The number of aromatic nitrogens is 2. The first-order valence-electron chi connectivity index (χ1n) is 15.8. The van der Waals surface area contributed by atoms with E-state index in [1.54, 1.807) is 41.7 Å². The van der Waals surface area contributed by atoms with Crippen molar-refractivity contribution in [3.8, 4) is 16.5 Å². The third-order valence-corrected chi connectivity index (χ3v) is 9.97. The van der Waals surface area contributed by atoms with Crippen molar-refractivity contribution in [2.75, 3.05) is 4.90 Å². The second-order valence-electron chi connectivity index (χ2n) is 11.8. The normalized spacial score (nSPS) is 13.9. The van der Waals surface area contributed by atoms with Crippen LogP contribution in [0, 0.1) is 25.2 Å². The monoisotopic (exact) mass is 708 g/mol. The van der Waals surface area contributed by atoms with Crippen LogP contribution in [-0.4, -0.2) is 37.3 Å². The molecule has 1 aliphatic rings. The Labute approximate surface area is 301 Å². The van der Waals surface area contributed by atoms with E-state index >= 15 is 0 Å². The summed E-state index contributed by atoms with van der Waals surface area (Å²) < 4.78 is 14.4. The van der Waals surface area contributed by atoms with Crippen LogP contribution in [0.15, 0.2) is 119 Å². The highest BCUT2D eigenvalue weighted by Gasteiger charge is 2.42. The minimum atomic E-state index is -1.20. The number of fused-ring (bicyclic) bond motifs is 1. The van der Waals surface area contributed by atoms with E-state index in [0.29, 0.717) is 27.2 Å². The number of aryl methyl sites for hydroxylation is 2. The molecular weight excluding hydrogens is 681 g/mol. The van der Waals surface area contributed by atoms with Gasteiger partial charge in [0.05, 0.1) is 17.4 Å². The van der Waals surface area contributed by atoms with Crippen molar-refractivity contribution < 1.29 is 19.1 Å². The zero-order valence-electron chi connectivity index (χ0n) is 27.7. The molecule has 3 amide bonds. The molecule has 0 fully saturated rings. The number of rotatable bonds is 7. The molecule has 12 heteroatoms. The maximum Gasteiger partial charge on any atom is 0.424 e. The van der Waals surface area contributed by atoms with Gasteiger partial charge in [-0.3, -0.25) is 9.59 Å². The number of hydrogen-bond donors (Lipinski definition) is 0. The molecule has 0 unspecified atom stereocenters. The summed E-state index contributed by atoms with van der Waals surface area (Å²) >= 11 is 2.60. The maximum absolute atomic E-state index is 13.7. The average Bonchev–Trinajstić information content (AvgIpc) is 3.83. The molecular formula is C39H28N6O4S2. The third kappa shape index (κ3) is 6.43. The van der Waals surface area contributed by atoms with Crippen LogP contribution in [0.5, 0.6) is 0 Å². The second-order valence-corrected chi connectivity index (χ2v) is 13.4. The average molecular weight is 709 g/mol. The first-order valence-corrected chi connectivity index (χ1v) is 17.4. The number of anilines is 3. The Hall–Kier alpha value is -6.29. The van der Waals surface area contributed by atoms with Crippen molar-refractivity contribution in [2.45, 2.75) is 27.4 Å². The lowest BCUT2D eigenvalue weighted by Gasteiger charge is -2.24. The summed E-state index contributed by atoms with van der Waals surface area (Å²) in [5.41, 5.74) is 6.62. The molecule has 0 aliphatic carbocycles. The van der Waals surface area contributed by atoms with Gasteiger partial charge in [0.25, 0.3) is 11.8 Å². The minimum absolute atomic E-state index is 0.0511. The van der Waals surface area contributed by atoms with Crippen LogP contribution >= 0.6 is 23.1 Å². The fourth-order valence-corrected chi connectivity index (χ4v) is 7.25. The van der Waals surface area contributed by atoms with E-state index < -0.39 is 17.9 Å². The number of hydrogen-bond acceptors (Lipinski definition) is 11. The lowest BCUT2D eigenvalue weighted by Crippen LogP contribution is -2.50. The van der Waals surface area contributed by atoms with Gasteiger partial charge in [-0.1, -0.05) is 65.7 Å². The van der Waals surface area contributed by atoms with E-state index in [0.717, 1.165) is 38.5 Å². The van der Waals surface area contributed by atoms with Crippen LogP contribution in [0.3, 0.4) is 0 Å². The molecule has 7 rings (SSSR count). The van der Waals surface area contributed by atoms with Crippen LogP contribution < -0.4 is 4.90 Å².